The molecule has 0 bridgehead atoms. The number of hydrogen-bond donors (Lipinski definition) is 2. The molecule has 1 unspecified atom stereocenters. The summed E-state index contributed by atoms with van der Waals surface area (Å²) >= 11 is 3.43. The summed E-state index contributed by atoms with van der Waals surface area (Å²) < 4.78 is 6.10. The molecule has 1 aromatic rings. The molecule has 1 aromatic carbocycles. The quantitative estimate of drug-likeness (QED) is 0.897. The molecule has 0 aromatic heterocycles. The van der Waals surface area contributed by atoms with Gasteiger partial charge in [0.25, 0.3) is 0 Å². The van der Waals surface area contributed by atoms with Crippen molar-refractivity contribution < 1.29 is 14.6 Å². The van der Waals surface area contributed by atoms with Crippen LogP contribution in [-0.4, -0.2) is 18.2 Å². The summed E-state index contributed by atoms with van der Waals surface area (Å²) in [5.74, 6) is -0.133. The van der Waals surface area contributed by atoms with Crippen LogP contribution in [-0.2, 0) is 4.79 Å². The lowest BCUT2D eigenvalue weighted by molar-refractivity contribution is -0.138. The van der Waals surface area contributed by atoms with Crippen molar-refractivity contribution in [1.82, 2.24) is 0 Å². The minimum absolute atomic E-state index is 0.273. The highest BCUT2D eigenvalue weighted by Crippen LogP contribution is 2.35. The molecule has 3 N–H and O–H groups in total. The summed E-state index contributed by atoms with van der Waals surface area (Å²) in [7, 11) is 1.56. The molecule has 0 aliphatic carbocycles. The van der Waals surface area contributed by atoms with Gasteiger partial charge in [0.05, 0.1) is 7.11 Å². The van der Waals surface area contributed by atoms with E-state index in [0.29, 0.717) is 11.3 Å². The van der Waals surface area contributed by atoms with Gasteiger partial charge in [0, 0.05) is 10.0 Å². The van der Waals surface area contributed by atoms with Crippen LogP contribution in [0.25, 0.3) is 0 Å². The van der Waals surface area contributed by atoms with Crippen LogP contribution in [0, 0.1) is 0 Å². The molecule has 1 rings (SSSR count). The molecule has 4 nitrogen and oxygen atoms in total. The molecule has 17 heavy (non-hydrogen) atoms. The van der Waals surface area contributed by atoms with Crippen LogP contribution in [0.15, 0.2) is 16.6 Å². The fourth-order valence-electron chi connectivity index (χ4n) is 1.66. The Bertz CT molecular complexity index is 432. The molecule has 5 heteroatoms. The topological polar surface area (TPSA) is 72.5 Å². The molecule has 94 valence electrons. The monoisotopic (exact) mass is 301 g/mol. The maximum Gasteiger partial charge on any atom is 0.325 e. The fraction of sp³-hybridized carbons (Fsp3) is 0.417. The first-order chi connectivity index (χ1) is 7.88. The third-order valence-electron chi connectivity index (χ3n) is 2.54. The Kier molecular flexibility index (Phi) is 4.54. The summed E-state index contributed by atoms with van der Waals surface area (Å²) in [6.45, 7) is 4.08. The molecule has 0 radical (unpaired) electrons. The zero-order valence-corrected chi connectivity index (χ0v) is 11.6. The second-order valence-corrected chi connectivity index (χ2v) is 4.94. The maximum atomic E-state index is 10.8. The van der Waals surface area contributed by atoms with E-state index in [2.05, 4.69) is 15.9 Å². The predicted octanol–water partition coefficient (Wildman–Crippen LogP) is 2.67. The van der Waals surface area contributed by atoms with Gasteiger partial charge in [0.2, 0.25) is 0 Å². The standard InChI is InChI=1S/C12H16BrNO3/c1-6(2)10-8(13)4-7(5-9(10)17-3)11(14)12(15)16/h4-6,11H,14H2,1-3H3,(H,15,16). The van der Waals surface area contributed by atoms with Gasteiger partial charge in [-0.3, -0.25) is 4.79 Å². The van der Waals surface area contributed by atoms with Crippen molar-refractivity contribution in [3.8, 4) is 5.75 Å². The molecule has 0 saturated carbocycles. The fourth-order valence-corrected chi connectivity index (χ4v) is 2.58. The Morgan fingerprint density at radius 3 is 2.47 bits per heavy atom. The van der Waals surface area contributed by atoms with Gasteiger partial charge >= 0.3 is 5.97 Å². The molecule has 0 saturated heterocycles. The van der Waals surface area contributed by atoms with E-state index in [9.17, 15) is 4.79 Å². The van der Waals surface area contributed by atoms with E-state index in [0.717, 1.165) is 10.0 Å². The van der Waals surface area contributed by atoms with Gasteiger partial charge in [-0.25, -0.2) is 0 Å². The Morgan fingerprint density at radius 2 is 2.06 bits per heavy atom. The van der Waals surface area contributed by atoms with Gasteiger partial charge < -0.3 is 15.6 Å². The third kappa shape index (κ3) is 2.98. The number of rotatable bonds is 4. The van der Waals surface area contributed by atoms with Crippen LogP contribution in [0.1, 0.15) is 36.9 Å². The van der Waals surface area contributed by atoms with Crippen molar-refractivity contribution in [2.75, 3.05) is 7.11 Å². The number of benzene rings is 1. The number of nitrogens with two attached hydrogens (primary N) is 1. The van der Waals surface area contributed by atoms with Gasteiger partial charge in [-0.2, -0.15) is 0 Å². The number of hydrogen-bond acceptors (Lipinski definition) is 3. The largest absolute Gasteiger partial charge is 0.496 e. The van der Waals surface area contributed by atoms with Gasteiger partial charge in [0.15, 0.2) is 0 Å². The first-order valence-corrected chi connectivity index (χ1v) is 6.03. The lowest BCUT2D eigenvalue weighted by Gasteiger charge is -2.17. The summed E-state index contributed by atoms with van der Waals surface area (Å²) in [6.07, 6.45) is 0. The normalized spacial score (nSPS) is 12.6. The highest BCUT2D eigenvalue weighted by Gasteiger charge is 2.19. The summed E-state index contributed by atoms with van der Waals surface area (Å²) in [4.78, 5) is 10.8. The average Bonchev–Trinajstić information content (AvgIpc) is 2.25. The number of halogens is 1. The van der Waals surface area contributed by atoms with Crippen molar-refractivity contribution >= 4 is 21.9 Å². The van der Waals surface area contributed by atoms with Crippen LogP contribution in [0.5, 0.6) is 5.75 Å². The van der Waals surface area contributed by atoms with Crippen LogP contribution < -0.4 is 10.5 Å². The Morgan fingerprint density at radius 1 is 1.47 bits per heavy atom. The first-order valence-electron chi connectivity index (χ1n) is 5.24. The molecular formula is C12H16BrNO3. The Labute approximate surface area is 109 Å². The lowest BCUT2D eigenvalue weighted by Crippen LogP contribution is -2.20. The molecule has 1 atom stereocenters. The number of methoxy groups -OCH3 is 1. The van der Waals surface area contributed by atoms with Crippen molar-refractivity contribution in [2.45, 2.75) is 25.8 Å². The van der Waals surface area contributed by atoms with Gasteiger partial charge in [-0.05, 0) is 23.6 Å². The molecule has 0 spiro atoms. The predicted molar refractivity (Wildman–Crippen MR) is 69.3 cm³/mol. The number of carbonyl (C=O) groups is 1. The van der Waals surface area contributed by atoms with Crippen molar-refractivity contribution in [2.24, 2.45) is 5.73 Å². The molecule has 0 aliphatic rings. The van der Waals surface area contributed by atoms with Gasteiger partial charge in [0.1, 0.15) is 11.8 Å². The number of carboxylic acids is 1. The molecule has 0 fully saturated rings. The smallest absolute Gasteiger partial charge is 0.325 e. The second-order valence-electron chi connectivity index (χ2n) is 4.09. The van der Waals surface area contributed by atoms with Crippen molar-refractivity contribution in [1.29, 1.82) is 0 Å². The number of ether oxygens (including phenoxy) is 1. The number of carboxylic acid groups (broad SMARTS) is 1. The van der Waals surface area contributed by atoms with E-state index >= 15 is 0 Å². The lowest BCUT2D eigenvalue weighted by atomic mass is 9.98. The zero-order chi connectivity index (χ0) is 13.2. The van der Waals surface area contributed by atoms with Crippen molar-refractivity contribution in [3.05, 3.63) is 27.7 Å². The SMILES string of the molecule is COc1cc(C(N)C(=O)O)cc(Br)c1C(C)C. The minimum atomic E-state index is -1.06. The summed E-state index contributed by atoms with van der Waals surface area (Å²) in [5.41, 5.74) is 7.11. The first kappa shape index (κ1) is 14.0. The second kappa shape index (κ2) is 5.51. The van der Waals surface area contributed by atoms with Crippen molar-refractivity contribution in [3.63, 3.8) is 0 Å². The molecule has 0 aliphatic heterocycles. The van der Waals surface area contributed by atoms with E-state index in [1.807, 2.05) is 13.8 Å². The minimum Gasteiger partial charge on any atom is -0.496 e. The Hall–Kier alpha value is -1.07. The van der Waals surface area contributed by atoms with E-state index in [1.54, 1.807) is 19.2 Å². The summed E-state index contributed by atoms with van der Waals surface area (Å²) in [6, 6.07) is 2.37. The van der Waals surface area contributed by atoms with Crippen LogP contribution in [0.2, 0.25) is 0 Å². The van der Waals surface area contributed by atoms with Crippen LogP contribution in [0.3, 0.4) is 0 Å². The highest BCUT2D eigenvalue weighted by molar-refractivity contribution is 9.10. The third-order valence-corrected chi connectivity index (χ3v) is 3.19. The number of aliphatic carboxylic acids is 1. The maximum absolute atomic E-state index is 10.8. The van der Waals surface area contributed by atoms with Gasteiger partial charge in [-0.1, -0.05) is 29.8 Å². The molecule has 0 heterocycles. The Balaban J connectivity index is 3.31. The summed E-state index contributed by atoms with van der Waals surface area (Å²) in [5, 5.41) is 8.89. The van der Waals surface area contributed by atoms with Gasteiger partial charge in [-0.15, -0.1) is 0 Å². The molecule has 0 amide bonds. The van der Waals surface area contributed by atoms with E-state index in [4.69, 9.17) is 15.6 Å². The van der Waals surface area contributed by atoms with E-state index < -0.39 is 12.0 Å². The zero-order valence-electron chi connectivity index (χ0n) is 10.0. The molecular weight excluding hydrogens is 286 g/mol. The van der Waals surface area contributed by atoms with Crippen LogP contribution >= 0.6 is 15.9 Å². The highest BCUT2D eigenvalue weighted by atomic mass is 79.9. The average molecular weight is 302 g/mol. The van der Waals surface area contributed by atoms with Crippen LogP contribution in [0.4, 0.5) is 0 Å². The van der Waals surface area contributed by atoms with E-state index in [-0.39, 0.29) is 5.92 Å². The van der Waals surface area contributed by atoms with E-state index in [1.165, 1.54) is 0 Å².